The molecule has 1 fully saturated rings. The average Bonchev–Trinajstić information content (AvgIpc) is 2.93. The van der Waals surface area contributed by atoms with E-state index in [4.69, 9.17) is 0 Å². The third-order valence-electron chi connectivity index (χ3n) is 2.53. The highest BCUT2D eigenvalue weighted by Gasteiger charge is 2.25. The van der Waals surface area contributed by atoms with Crippen LogP contribution in [-0.4, -0.2) is 23.5 Å². The van der Waals surface area contributed by atoms with Crippen molar-refractivity contribution in [2.75, 3.05) is 11.9 Å². The van der Waals surface area contributed by atoms with Crippen molar-refractivity contribution in [3.63, 3.8) is 0 Å². The van der Waals surface area contributed by atoms with Crippen LogP contribution in [0.15, 0.2) is 0 Å². The third kappa shape index (κ3) is 3.00. The number of hydrogen-bond acceptors (Lipinski definition) is 3. The smallest absolute Gasteiger partial charge is 0.281 e. The molecule has 0 atom stereocenters. The minimum atomic E-state index is 0.0515. The number of carbonyl (C=O) groups excluding carboxylic acids is 1. The molecular weight excluding hydrogens is 210 g/mol. The molecule has 1 heterocycles. The summed E-state index contributed by atoms with van der Waals surface area (Å²) in [4.78, 5) is 16.9. The lowest BCUT2D eigenvalue weighted by atomic mass is 10.4. The average molecular weight is 226 g/mol. The second-order valence-electron chi connectivity index (χ2n) is 3.99. The van der Waals surface area contributed by atoms with Gasteiger partial charge in [-0.25, -0.2) is 4.98 Å². The monoisotopic (exact) mass is 226 g/mol. The molecule has 0 radical (unpaired) electrons. The van der Waals surface area contributed by atoms with Crippen LogP contribution >= 0.6 is 11.3 Å². The Kier molecular flexibility index (Phi) is 3.02. The van der Waals surface area contributed by atoms with E-state index in [-0.39, 0.29) is 5.91 Å². The van der Waals surface area contributed by atoms with Crippen LogP contribution in [0.2, 0.25) is 0 Å². The molecule has 3 N–H and O–H groups in total. The summed E-state index contributed by atoms with van der Waals surface area (Å²) in [6.45, 7) is 4.49. The molecule has 1 aliphatic rings. The first-order valence-electron chi connectivity index (χ1n) is 5.22. The highest BCUT2D eigenvalue weighted by Crippen LogP contribution is 2.20. The van der Waals surface area contributed by atoms with Gasteiger partial charge in [-0.05, 0) is 13.8 Å². The van der Waals surface area contributed by atoms with Gasteiger partial charge in [-0.15, -0.1) is 11.3 Å². The normalized spacial score (nSPS) is 15.3. The molecule has 0 aromatic carbocycles. The Bertz CT molecular complexity index is 351. The predicted octanol–water partition coefficient (Wildman–Crippen LogP) is 0.424. The van der Waals surface area contributed by atoms with E-state index in [1.165, 1.54) is 24.2 Å². The van der Waals surface area contributed by atoms with Crippen LogP contribution in [0.3, 0.4) is 0 Å². The van der Waals surface area contributed by atoms with E-state index in [2.05, 4.69) is 15.6 Å². The number of nitrogens with two attached hydrogens (primary N) is 1. The summed E-state index contributed by atoms with van der Waals surface area (Å²) in [5, 5.41) is 5.65. The second kappa shape index (κ2) is 4.28. The molecule has 1 saturated carbocycles. The molecule has 1 aromatic heterocycles. The zero-order chi connectivity index (χ0) is 10.8. The molecule has 1 aromatic rings. The maximum absolute atomic E-state index is 11.5. The Hall–Kier alpha value is -0.940. The van der Waals surface area contributed by atoms with Crippen LogP contribution in [0.5, 0.6) is 0 Å². The SMILES string of the molecule is Cc1nc(NC(=O)C[NH2+]C2CC2)sc1C. The Morgan fingerprint density at radius 3 is 2.87 bits per heavy atom. The van der Waals surface area contributed by atoms with E-state index in [0.717, 1.165) is 15.7 Å². The first-order chi connectivity index (χ1) is 7.15. The Labute approximate surface area is 93.1 Å². The summed E-state index contributed by atoms with van der Waals surface area (Å²) >= 11 is 1.54. The van der Waals surface area contributed by atoms with E-state index in [1.54, 1.807) is 0 Å². The number of amides is 1. The van der Waals surface area contributed by atoms with E-state index in [0.29, 0.717) is 12.6 Å². The molecule has 0 aliphatic heterocycles. The van der Waals surface area contributed by atoms with Crippen molar-refractivity contribution in [1.82, 2.24) is 4.98 Å². The molecular formula is C10H16N3OS+. The van der Waals surface area contributed by atoms with Gasteiger partial charge in [-0.2, -0.15) is 0 Å². The fourth-order valence-electron chi connectivity index (χ4n) is 1.30. The summed E-state index contributed by atoms with van der Waals surface area (Å²) in [5.74, 6) is 0.0515. The number of nitrogens with zero attached hydrogens (tertiary/aromatic N) is 1. The number of hydrogen-bond donors (Lipinski definition) is 2. The van der Waals surface area contributed by atoms with Gasteiger partial charge < -0.3 is 5.32 Å². The van der Waals surface area contributed by atoms with Crippen molar-refractivity contribution < 1.29 is 10.1 Å². The number of quaternary nitrogens is 1. The molecule has 2 rings (SSSR count). The largest absolute Gasteiger partial charge is 0.336 e. The van der Waals surface area contributed by atoms with Gasteiger partial charge in [-0.1, -0.05) is 0 Å². The topological polar surface area (TPSA) is 58.6 Å². The molecule has 0 saturated heterocycles. The quantitative estimate of drug-likeness (QED) is 0.782. The van der Waals surface area contributed by atoms with Crippen LogP contribution in [0.25, 0.3) is 0 Å². The van der Waals surface area contributed by atoms with Gasteiger partial charge in [0.05, 0.1) is 11.7 Å². The Balaban J connectivity index is 1.81. The zero-order valence-electron chi connectivity index (χ0n) is 9.04. The second-order valence-corrected chi connectivity index (χ2v) is 5.19. The number of anilines is 1. The standard InChI is InChI=1S/C10H15N3OS/c1-6-7(2)15-10(12-6)13-9(14)5-11-8-3-4-8/h8,11H,3-5H2,1-2H3,(H,12,13,14)/p+1. The summed E-state index contributed by atoms with van der Waals surface area (Å²) in [5.41, 5.74) is 1.00. The van der Waals surface area contributed by atoms with Gasteiger partial charge >= 0.3 is 0 Å². The van der Waals surface area contributed by atoms with E-state index >= 15 is 0 Å². The highest BCUT2D eigenvalue weighted by atomic mass is 32.1. The fraction of sp³-hybridized carbons (Fsp3) is 0.600. The van der Waals surface area contributed by atoms with Crippen LogP contribution in [0, 0.1) is 13.8 Å². The Morgan fingerprint density at radius 1 is 1.60 bits per heavy atom. The molecule has 0 bridgehead atoms. The number of thiazole rings is 1. The lowest BCUT2D eigenvalue weighted by Gasteiger charge is -1.99. The molecule has 15 heavy (non-hydrogen) atoms. The molecule has 0 unspecified atom stereocenters. The summed E-state index contributed by atoms with van der Waals surface area (Å²) < 4.78 is 0. The first-order valence-corrected chi connectivity index (χ1v) is 6.04. The lowest BCUT2D eigenvalue weighted by molar-refractivity contribution is -0.657. The van der Waals surface area contributed by atoms with Crippen LogP contribution in [-0.2, 0) is 4.79 Å². The molecule has 1 amide bonds. The number of carbonyl (C=O) groups is 1. The van der Waals surface area contributed by atoms with Gasteiger partial charge in [0.1, 0.15) is 0 Å². The molecule has 82 valence electrons. The van der Waals surface area contributed by atoms with Crippen molar-refractivity contribution in [1.29, 1.82) is 0 Å². The van der Waals surface area contributed by atoms with Crippen molar-refractivity contribution in [3.8, 4) is 0 Å². The number of aromatic nitrogens is 1. The molecule has 1 aliphatic carbocycles. The van der Waals surface area contributed by atoms with Crippen molar-refractivity contribution in [3.05, 3.63) is 10.6 Å². The minimum Gasteiger partial charge on any atom is -0.336 e. The number of rotatable bonds is 4. The van der Waals surface area contributed by atoms with Crippen LogP contribution in [0.4, 0.5) is 5.13 Å². The molecule has 5 heteroatoms. The molecule has 4 nitrogen and oxygen atoms in total. The lowest BCUT2D eigenvalue weighted by Crippen LogP contribution is -2.87. The van der Waals surface area contributed by atoms with Gasteiger partial charge in [0.2, 0.25) is 0 Å². The van der Waals surface area contributed by atoms with Gasteiger partial charge in [0.25, 0.3) is 5.91 Å². The molecule has 0 spiro atoms. The minimum absolute atomic E-state index is 0.0515. The summed E-state index contributed by atoms with van der Waals surface area (Å²) in [7, 11) is 0. The van der Waals surface area contributed by atoms with Gasteiger partial charge in [0, 0.05) is 17.7 Å². The summed E-state index contributed by atoms with van der Waals surface area (Å²) in [6, 6.07) is 0.690. The summed E-state index contributed by atoms with van der Waals surface area (Å²) in [6.07, 6.45) is 2.51. The van der Waals surface area contributed by atoms with E-state index in [1.807, 2.05) is 13.8 Å². The maximum atomic E-state index is 11.5. The van der Waals surface area contributed by atoms with Gasteiger partial charge in [0.15, 0.2) is 11.7 Å². The highest BCUT2D eigenvalue weighted by molar-refractivity contribution is 7.15. The third-order valence-corrected chi connectivity index (χ3v) is 3.52. The Morgan fingerprint density at radius 2 is 2.33 bits per heavy atom. The van der Waals surface area contributed by atoms with E-state index in [9.17, 15) is 4.79 Å². The maximum Gasteiger partial charge on any atom is 0.281 e. The van der Waals surface area contributed by atoms with Crippen molar-refractivity contribution in [2.45, 2.75) is 32.7 Å². The number of aryl methyl sites for hydroxylation is 2. The first kappa shape index (κ1) is 10.6. The van der Waals surface area contributed by atoms with Gasteiger partial charge in [-0.3, -0.25) is 10.1 Å². The van der Waals surface area contributed by atoms with Crippen LogP contribution in [0.1, 0.15) is 23.4 Å². The number of nitrogens with one attached hydrogen (secondary N) is 1. The fourth-order valence-corrected chi connectivity index (χ4v) is 2.13. The van der Waals surface area contributed by atoms with Crippen molar-refractivity contribution in [2.24, 2.45) is 0 Å². The van der Waals surface area contributed by atoms with Crippen LogP contribution < -0.4 is 10.6 Å². The zero-order valence-corrected chi connectivity index (χ0v) is 9.86. The predicted molar refractivity (Wildman–Crippen MR) is 60.0 cm³/mol. The van der Waals surface area contributed by atoms with Crippen molar-refractivity contribution >= 4 is 22.4 Å². The van der Waals surface area contributed by atoms with E-state index < -0.39 is 0 Å².